The molecule has 0 radical (unpaired) electrons. The van der Waals surface area contributed by atoms with Crippen LogP contribution in [0.4, 0.5) is 4.79 Å². The van der Waals surface area contributed by atoms with Crippen molar-refractivity contribution in [3.05, 3.63) is 0 Å². The summed E-state index contributed by atoms with van der Waals surface area (Å²) in [5.74, 6) is 1.41. The van der Waals surface area contributed by atoms with E-state index >= 15 is 0 Å². The topological polar surface area (TPSA) is 91.7 Å². The average Bonchev–Trinajstić information content (AvgIpc) is 3.33. The number of fused-ring (bicyclic) bond motifs is 1. The van der Waals surface area contributed by atoms with E-state index in [4.69, 9.17) is 9.47 Å². The summed E-state index contributed by atoms with van der Waals surface area (Å²) < 4.78 is 11.9. The third kappa shape index (κ3) is 3.69. The maximum Gasteiger partial charge on any atom is 0.408 e. The van der Waals surface area contributed by atoms with Crippen LogP contribution in [0.2, 0.25) is 0 Å². The summed E-state index contributed by atoms with van der Waals surface area (Å²) in [7, 11) is 0. The van der Waals surface area contributed by atoms with Gasteiger partial charge in [0, 0.05) is 18.1 Å². The highest BCUT2D eigenvalue weighted by atomic mass is 16.6. The van der Waals surface area contributed by atoms with Crippen molar-refractivity contribution >= 4 is 12.0 Å². The number of nitriles is 1. The van der Waals surface area contributed by atoms with Crippen LogP contribution in [0.25, 0.3) is 0 Å². The summed E-state index contributed by atoms with van der Waals surface area (Å²) in [6.07, 6.45) is 7.16. The largest absolute Gasteiger partial charge is 0.444 e. The van der Waals surface area contributed by atoms with Crippen molar-refractivity contribution in [2.75, 3.05) is 6.61 Å². The molecular formula is C25H37N3O4. The number of amides is 2. The third-order valence-corrected chi connectivity index (χ3v) is 8.53. The first-order valence-electron chi connectivity index (χ1n) is 12.4. The van der Waals surface area contributed by atoms with E-state index in [2.05, 4.69) is 11.4 Å². The third-order valence-electron chi connectivity index (χ3n) is 8.53. The van der Waals surface area contributed by atoms with Crippen molar-refractivity contribution in [2.24, 2.45) is 23.2 Å². The van der Waals surface area contributed by atoms with Gasteiger partial charge in [-0.05, 0) is 96.8 Å². The fourth-order valence-corrected chi connectivity index (χ4v) is 8.00. The quantitative estimate of drug-likeness (QED) is 0.698. The van der Waals surface area contributed by atoms with Crippen LogP contribution in [0.15, 0.2) is 0 Å². The van der Waals surface area contributed by atoms with Gasteiger partial charge in [-0.3, -0.25) is 4.79 Å². The van der Waals surface area contributed by atoms with Crippen LogP contribution in [0.5, 0.6) is 0 Å². The first-order valence-corrected chi connectivity index (χ1v) is 12.4. The lowest BCUT2D eigenvalue weighted by atomic mass is 9.46. The zero-order chi connectivity index (χ0) is 22.9. The highest BCUT2D eigenvalue weighted by molar-refractivity contribution is 5.88. The molecule has 0 aromatic carbocycles. The van der Waals surface area contributed by atoms with Gasteiger partial charge < -0.3 is 19.7 Å². The van der Waals surface area contributed by atoms with Crippen LogP contribution in [-0.4, -0.2) is 52.8 Å². The van der Waals surface area contributed by atoms with E-state index in [0.29, 0.717) is 24.4 Å². The Labute approximate surface area is 191 Å². The Bertz CT molecular complexity index is 829. The monoisotopic (exact) mass is 443 g/mol. The second-order valence-electron chi connectivity index (χ2n) is 12.2. The smallest absolute Gasteiger partial charge is 0.408 e. The van der Waals surface area contributed by atoms with E-state index in [-0.39, 0.29) is 29.0 Å². The van der Waals surface area contributed by atoms with Crippen LogP contribution in [0.3, 0.4) is 0 Å². The Morgan fingerprint density at radius 3 is 2.44 bits per heavy atom. The molecule has 4 bridgehead atoms. The highest BCUT2D eigenvalue weighted by Crippen LogP contribution is 2.64. The number of carbonyl (C=O) groups is 2. The Morgan fingerprint density at radius 1 is 1.16 bits per heavy atom. The van der Waals surface area contributed by atoms with Crippen molar-refractivity contribution < 1.29 is 19.1 Å². The fourth-order valence-electron chi connectivity index (χ4n) is 8.00. The SMILES string of the molecule is CCOC12C[C@H]3C[C@H](C1)CC([C@H](NC(=O)OC(C)(C)C)C(=O)N1[C@H](C#N)C[C@@H]4C[C@@H]41)(C3)C2. The molecule has 6 atom stereocenters. The van der Waals surface area contributed by atoms with Gasteiger partial charge in [0.1, 0.15) is 17.7 Å². The van der Waals surface area contributed by atoms with Gasteiger partial charge >= 0.3 is 6.09 Å². The number of hydrogen-bond acceptors (Lipinski definition) is 5. The minimum Gasteiger partial charge on any atom is -0.444 e. The molecule has 6 fully saturated rings. The van der Waals surface area contributed by atoms with Crippen LogP contribution in [0, 0.1) is 34.5 Å². The summed E-state index contributed by atoms with van der Waals surface area (Å²) >= 11 is 0. The second kappa shape index (κ2) is 7.35. The number of ether oxygens (including phenoxy) is 2. The van der Waals surface area contributed by atoms with E-state index < -0.39 is 17.7 Å². The maximum atomic E-state index is 14.1. The lowest BCUT2D eigenvalue weighted by Gasteiger charge is -2.63. The van der Waals surface area contributed by atoms with Gasteiger partial charge in [0.05, 0.1) is 11.7 Å². The number of alkyl carbamates (subject to hydrolysis) is 1. The van der Waals surface area contributed by atoms with Gasteiger partial charge in [-0.1, -0.05) is 0 Å². The van der Waals surface area contributed by atoms with Crippen LogP contribution < -0.4 is 5.32 Å². The van der Waals surface area contributed by atoms with Crippen molar-refractivity contribution in [1.82, 2.24) is 10.2 Å². The molecule has 6 aliphatic rings. The number of hydrogen-bond donors (Lipinski definition) is 1. The predicted molar refractivity (Wildman–Crippen MR) is 117 cm³/mol. The zero-order valence-electron chi connectivity index (χ0n) is 19.9. The fraction of sp³-hybridized carbons (Fsp3) is 0.880. The minimum atomic E-state index is -0.668. The number of carbonyl (C=O) groups excluding carboxylic acids is 2. The molecular weight excluding hydrogens is 406 g/mol. The van der Waals surface area contributed by atoms with E-state index in [1.165, 1.54) is 6.42 Å². The predicted octanol–water partition coefficient (Wildman–Crippen LogP) is 3.77. The van der Waals surface area contributed by atoms with Gasteiger partial charge in [0.25, 0.3) is 0 Å². The van der Waals surface area contributed by atoms with Gasteiger partial charge in [-0.25, -0.2) is 4.79 Å². The summed E-state index contributed by atoms with van der Waals surface area (Å²) in [4.78, 5) is 28.8. The molecule has 7 heteroatoms. The number of rotatable bonds is 5. The highest BCUT2D eigenvalue weighted by Gasteiger charge is 2.64. The van der Waals surface area contributed by atoms with Gasteiger partial charge in [-0.2, -0.15) is 5.26 Å². The lowest BCUT2D eigenvalue weighted by Crippen LogP contribution is -2.67. The van der Waals surface area contributed by atoms with E-state index in [0.717, 1.165) is 44.9 Å². The molecule has 7 nitrogen and oxygen atoms in total. The van der Waals surface area contributed by atoms with Gasteiger partial charge in [0.2, 0.25) is 5.91 Å². The van der Waals surface area contributed by atoms with Crippen molar-refractivity contribution in [2.45, 2.75) is 108 Å². The molecule has 0 aromatic rings. The Hall–Kier alpha value is -1.81. The normalized spacial score (nSPS) is 42.2. The Morgan fingerprint density at radius 2 is 1.84 bits per heavy atom. The van der Waals surface area contributed by atoms with E-state index in [9.17, 15) is 14.9 Å². The molecule has 0 aromatic heterocycles. The van der Waals surface area contributed by atoms with Crippen LogP contribution in [-0.2, 0) is 14.3 Å². The number of nitrogens with one attached hydrogen (secondary N) is 1. The molecule has 5 aliphatic carbocycles. The second-order valence-corrected chi connectivity index (χ2v) is 12.2. The summed E-state index contributed by atoms with van der Waals surface area (Å²) in [5, 5.41) is 12.7. The van der Waals surface area contributed by atoms with E-state index in [1.54, 1.807) is 4.90 Å². The number of likely N-dealkylation sites (tertiary alicyclic amines) is 1. The maximum absolute atomic E-state index is 14.1. The Balaban J connectivity index is 1.48. The molecule has 5 saturated carbocycles. The number of nitrogens with zero attached hydrogens (tertiary/aromatic N) is 2. The molecule has 1 saturated heterocycles. The zero-order valence-corrected chi connectivity index (χ0v) is 19.9. The first-order chi connectivity index (χ1) is 15.1. The molecule has 6 rings (SSSR count). The van der Waals surface area contributed by atoms with Crippen LogP contribution >= 0.6 is 0 Å². The molecule has 32 heavy (non-hydrogen) atoms. The molecule has 1 N–H and O–H groups in total. The molecule has 1 heterocycles. The molecule has 0 spiro atoms. The summed E-state index contributed by atoms with van der Waals surface area (Å²) in [5.41, 5.74) is -1.16. The van der Waals surface area contributed by atoms with Crippen molar-refractivity contribution in [1.29, 1.82) is 5.26 Å². The molecule has 2 amide bonds. The molecule has 0 unspecified atom stereocenters. The van der Waals surface area contributed by atoms with Crippen molar-refractivity contribution in [3.63, 3.8) is 0 Å². The van der Waals surface area contributed by atoms with Crippen molar-refractivity contribution in [3.8, 4) is 6.07 Å². The lowest BCUT2D eigenvalue weighted by molar-refractivity contribution is -0.200. The molecule has 176 valence electrons. The van der Waals surface area contributed by atoms with Gasteiger partial charge in [-0.15, -0.1) is 0 Å². The standard InChI is InChI=1S/C25H37N3O4/c1-5-31-25-11-15-6-16(12-25)10-24(9-15,14-25)20(27-22(30)32-23(2,3)4)21(29)28-18(13-26)7-17-8-19(17)28/h15-20H,5-12,14H2,1-4H3,(H,27,30)/t15-,16-,17+,18-,19-,20+,24?,25?/m0/s1. The summed E-state index contributed by atoms with van der Waals surface area (Å²) in [6.45, 7) is 8.21. The van der Waals surface area contributed by atoms with E-state index in [1.807, 2.05) is 27.7 Å². The molecule has 1 aliphatic heterocycles. The van der Waals surface area contributed by atoms with Crippen LogP contribution in [0.1, 0.15) is 79.1 Å². The van der Waals surface area contributed by atoms with Gasteiger partial charge in [0.15, 0.2) is 0 Å². The number of piperidine rings is 1. The average molecular weight is 444 g/mol. The Kier molecular flexibility index (Phi) is 5.05. The summed E-state index contributed by atoms with van der Waals surface area (Å²) in [6, 6.07) is 1.44. The first kappa shape index (κ1) is 22.0. The minimum absolute atomic E-state index is 0.0824.